The molecule has 1 N–H and O–H groups in total. The van der Waals surface area contributed by atoms with Crippen LogP contribution in [-0.4, -0.2) is 40.0 Å². The monoisotopic (exact) mass is 236 g/mol. The molecule has 0 aliphatic heterocycles. The zero-order valence-electron chi connectivity index (χ0n) is 9.80. The van der Waals surface area contributed by atoms with Crippen LogP contribution in [0.1, 0.15) is 30.1 Å². The number of pyridine rings is 1. The first kappa shape index (κ1) is 13.2. The average Bonchev–Trinajstić information content (AvgIpc) is 2.34. The van der Waals surface area contributed by atoms with E-state index in [1.807, 2.05) is 6.92 Å². The molecule has 17 heavy (non-hydrogen) atoms. The lowest BCUT2D eigenvalue weighted by Gasteiger charge is -2.21. The highest BCUT2D eigenvalue weighted by atomic mass is 16.4. The second-order valence-electron chi connectivity index (χ2n) is 3.68. The van der Waals surface area contributed by atoms with Gasteiger partial charge in [-0.05, 0) is 18.6 Å². The Labute approximate surface area is 100 Å². The van der Waals surface area contributed by atoms with Gasteiger partial charge < -0.3 is 10.0 Å². The Bertz CT molecular complexity index is 379. The number of amides is 1. The summed E-state index contributed by atoms with van der Waals surface area (Å²) in [6, 6.07) is 3.37. The minimum atomic E-state index is -0.898. The van der Waals surface area contributed by atoms with E-state index in [2.05, 4.69) is 4.98 Å². The molecule has 0 bridgehead atoms. The van der Waals surface area contributed by atoms with E-state index >= 15 is 0 Å². The molecule has 5 nitrogen and oxygen atoms in total. The summed E-state index contributed by atoms with van der Waals surface area (Å²) < 4.78 is 0. The number of aliphatic carboxylic acids is 1. The van der Waals surface area contributed by atoms with E-state index < -0.39 is 5.97 Å². The molecule has 0 radical (unpaired) electrons. The van der Waals surface area contributed by atoms with Crippen molar-refractivity contribution in [3.05, 3.63) is 30.1 Å². The van der Waals surface area contributed by atoms with Crippen molar-refractivity contribution in [3.8, 4) is 0 Å². The SMILES string of the molecule is CCCN(CCC(=O)O)C(=O)c1cccnc1. The van der Waals surface area contributed by atoms with Crippen molar-refractivity contribution < 1.29 is 14.7 Å². The molecule has 92 valence electrons. The topological polar surface area (TPSA) is 70.5 Å². The van der Waals surface area contributed by atoms with Gasteiger partial charge in [-0.2, -0.15) is 0 Å². The number of carboxylic acid groups (broad SMARTS) is 1. The highest BCUT2D eigenvalue weighted by Crippen LogP contribution is 2.05. The molecule has 0 unspecified atom stereocenters. The van der Waals surface area contributed by atoms with Gasteiger partial charge in [-0.25, -0.2) is 0 Å². The van der Waals surface area contributed by atoms with E-state index in [1.165, 1.54) is 6.20 Å². The van der Waals surface area contributed by atoms with E-state index in [9.17, 15) is 9.59 Å². The van der Waals surface area contributed by atoms with Crippen LogP contribution in [0.3, 0.4) is 0 Å². The molecule has 5 heteroatoms. The number of nitrogens with zero attached hydrogens (tertiary/aromatic N) is 2. The van der Waals surface area contributed by atoms with Gasteiger partial charge >= 0.3 is 5.97 Å². The summed E-state index contributed by atoms with van der Waals surface area (Å²) in [5.41, 5.74) is 0.492. The lowest BCUT2D eigenvalue weighted by Crippen LogP contribution is -2.33. The Hall–Kier alpha value is -1.91. The molecule has 0 saturated heterocycles. The predicted octanol–water partition coefficient (Wildman–Crippen LogP) is 1.41. The first-order chi connectivity index (χ1) is 8.15. The Balaban J connectivity index is 2.69. The average molecular weight is 236 g/mol. The first-order valence-corrected chi connectivity index (χ1v) is 5.56. The fraction of sp³-hybridized carbons (Fsp3) is 0.417. The minimum Gasteiger partial charge on any atom is -0.481 e. The van der Waals surface area contributed by atoms with Crippen LogP contribution in [0, 0.1) is 0 Å². The van der Waals surface area contributed by atoms with Crippen molar-refractivity contribution in [2.75, 3.05) is 13.1 Å². The number of hydrogen-bond donors (Lipinski definition) is 1. The van der Waals surface area contributed by atoms with Crippen molar-refractivity contribution in [2.45, 2.75) is 19.8 Å². The van der Waals surface area contributed by atoms with E-state index in [0.717, 1.165) is 6.42 Å². The van der Waals surface area contributed by atoms with Crippen molar-refractivity contribution in [1.29, 1.82) is 0 Å². The smallest absolute Gasteiger partial charge is 0.305 e. The lowest BCUT2D eigenvalue weighted by atomic mass is 10.2. The van der Waals surface area contributed by atoms with Crippen molar-refractivity contribution in [2.24, 2.45) is 0 Å². The molecule has 0 saturated carbocycles. The van der Waals surface area contributed by atoms with Gasteiger partial charge in [-0.15, -0.1) is 0 Å². The molecule has 1 rings (SSSR count). The van der Waals surface area contributed by atoms with Crippen LogP contribution in [0.4, 0.5) is 0 Å². The Morgan fingerprint density at radius 2 is 2.18 bits per heavy atom. The normalized spacial score (nSPS) is 9.94. The van der Waals surface area contributed by atoms with E-state index in [4.69, 9.17) is 5.11 Å². The molecule has 1 aromatic rings. The third kappa shape index (κ3) is 4.22. The fourth-order valence-electron chi connectivity index (χ4n) is 1.49. The van der Waals surface area contributed by atoms with Crippen molar-refractivity contribution >= 4 is 11.9 Å². The van der Waals surface area contributed by atoms with Gasteiger partial charge in [-0.3, -0.25) is 14.6 Å². The van der Waals surface area contributed by atoms with Crippen LogP contribution < -0.4 is 0 Å². The summed E-state index contributed by atoms with van der Waals surface area (Å²) in [5.74, 6) is -1.06. The summed E-state index contributed by atoms with van der Waals surface area (Å²) in [6.07, 6.45) is 3.85. The van der Waals surface area contributed by atoms with Crippen molar-refractivity contribution in [1.82, 2.24) is 9.88 Å². The maximum Gasteiger partial charge on any atom is 0.305 e. The quantitative estimate of drug-likeness (QED) is 0.810. The molecule has 1 amide bonds. The summed E-state index contributed by atoms with van der Waals surface area (Å²) in [4.78, 5) is 28.0. The van der Waals surface area contributed by atoms with Gasteiger partial charge in [0.15, 0.2) is 0 Å². The van der Waals surface area contributed by atoms with Crippen LogP contribution >= 0.6 is 0 Å². The molecule has 0 aliphatic rings. The van der Waals surface area contributed by atoms with Crippen LogP contribution in [-0.2, 0) is 4.79 Å². The predicted molar refractivity (Wildman–Crippen MR) is 62.7 cm³/mol. The number of hydrogen-bond acceptors (Lipinski definition) is 3. The number of carbonyl (C=O) groups is 2. The van der Waals surface area contributed by atoms with Crippen LogP contribution in [0.2, 0.25) is 0 Å². The first-order valence-electron chi connectivity index (χ1n) is 5.56. The summed E-state index contributed by atoms with van der Waals surface area (Å²) >= 11 is 0. The zero-order valence-corrected chi connectivity index (χ0v) is 9.80. The summed E-state index contributed by atoms with van der Waals surface area (Å²) in [5, 5.41) is 8.63. The maximum absolute atomic E-state index is 12.0. The Morgan fingerprint density at radius 1 is 1.41 bits per heavy atom. The summed E-state index contributed by atoms with van der Waals surface area (Å²) in [6.45, 7) is 2.74. The molecule has 0 fully saturated rings. The number of rotatable bonds is 6. The number of aromatic nitrogens is 1. The van der Waals surface area contributed by atoms with Gasteiger partial charge in [0.1, 0.15) is 0 Å². The third-order valence-corrected chi connectivity index (χ3v) is 2.28. The Kier molecular flexibility index (Phi) is 5.13. The van der Waals surface area contributed by atoms with E-state index in [1.54, 1.807) is 23.2 Å². The Morgan fingerprint density at radius 3 is 2.71 bits per heavy atom. The van der Waals surface area contributed by atoms with Crippen LogP contribution in [0.15, 0.2) is 24.5 Å². The minimum absolute atomic E-state index is 0.0357. The van der Waals surface area contributed by atoms with E-state index in [0.29, 0.717) is 12.1 Å². The fourth-order valence-corrected chi connectivity index (χ4v) is 1.49. The van der Waals surface area contributed by atoms with Gasteiger partial charge in [-0.1, -0.05) is 6.92 Å². The van der Waals surface area contributed by atoms with Gasteiger partial charge in [0.25, 0.3) is 5.91 Å². The van der Waals surface area contributed by atoms with Crippen LogP contribution in [0.25, 0.3) is 0 Å². The molecule has 0 aliphatic carbocycles. The highest BCUT2D eigenvalue weighted by Gasteiger charge is 2.15. The van der Waals surface area contributed by atoms with E-state index in [-0.39, 0.29) is 18.9 Å². The van der Waals surface area contributed by atoms with Gasteiger partial charge in [0, 0.05) is 25.5 Å². The van der Waals surface area contributed by atoms with Crippen LogP contribution in [0.5, 0.6) is 0 Å². The molecule has 0 atom stereocenters. The molecule has 1 heterocycles. The molecular formula is C12H16N2O3. The summed E-state index contributed by atoms with van der Waals surface area (Å²) in [7, 11) is 0. The second kappa shape index (κ2) is 6.62. The number of carbonyl (C=O) groups excluding carboxylic acids is 1. The molecule has 1 aromatic heterocycles. The molecule has 0 spiro atoms. The standard InChI is InChI=1S/C12H16N2O3/c1-2-7-14(8-5-11(15)16)12(17)10-4-3-6-13-9-10/h3-4,6,9H,2,5,7-8H2,1H3,(H,15,16). The number of carboxylic acids is 1. The highest BCUT2D eigenvalue weighted by molar-refractivity contribution is 5.94. The maximum atomic E-state index is 12.0. The molecule has 0 aromatic carbocycles. The lowest BCUT2D eigenvalue weighted by molar-refractivity contribution is -0.137. The zero-order chi connectivity index (χ0) is 12.7. The molecular weight excluding hydrogens is 220 g/mol. The van der Waals surface area contributed by atoms with Gasteiger partial charge in [0.2, 0.25) is 0 Å². The van der Waals surface area contributed by atoms with Gasteiger partial charge in [0.05, 0.1) is 12.0 Å². The largest absolute Gasteiger partial charge is 0.481 e. The second-order valence-corrected chi connectivity index (χ2v) is 3.68. The third-order valence-electron chi connectivity index (χ3n) is 2.28. The van der Waals surface area contributed by atoms with Crippen molar-refractivity contribution in [3.63, 3.8) is 0 Å².